The lowest BCUT2D eigenvalue weighted by Crippen LogP contribution is -2.83. The van der Waals surface area contributed by atoms with Gasteiger partial charge in [0.05, 0.1) is 24.9 Å². The molecule has 0 radical (unpaired) electrons. The van der Waals surface area contributed by atoms with E-state index < -0.39 is 5.54 Å². The molecular weight excluding hydrogens is 268 g/mol. The van der Waals surface area contributed by atoms with Crippen LogP contribution >= 0.6 is 0 Å². The molecule has 3 fully saturated rings. The Hall–Kier alpha value is -0.650. The molecule has 0 aromatic rings. The maximum Gasteiger partial charge on any atom is 0.244 e. The summed E-state index contributed by atoms with van der Waals surface area (Å²) in [5, 5.41) is 0. The van der Waals surface area contributed by atoms with Gasteiger partial charge in [-0.15, -0.1) is 0 Å². The zero-order chi connectivity index (χ0) is 15.5. The van der Waals surface area contributed by atoms with E-state index in [0.29, 0.717) is 19.8 Å². The van der Waals surface area contributed by atoms with Crippen LogP contribution in [0.5, 0.6) is 0 Å². The average molecular weight is 296 g/mol. The molecular formula is C16H28N2O3. The van der Waals surface area contributed by atoms with Crippen molar-refractivity contribution in [1.29, 1.82) is 0 Å². The quantitative estimate of drug-likeness (QED) is 0.788. The molecule has 21 heavy (non-hydrogen) atoms. The Bertz CT molecular complexity index is 449. The van der Waals surface area contributed by atoms with E-state index in [1.165, 1.54) is 0 Å². The number of carbonyl (C=O) groups excluding carboxylic acids is 1. The number of amides is 1. The normalized spacial score (nSPS) is 41.1. The van der Waals surface area contributed by atoms with Crippen LogP contribution in [0.1, 0.15) is 40.5 Å². The standard InChI is InChI=1S/C16H28N2O3/c1-14(2)10-20-9-7-18(14)13(19)16(17)11-6-5-8-21-12(11)15(16,3)4/h11-12H,5-10,17H2,1-4H3. The molecule has 0 bridgehead atoms. The van der Waals surface area contributed by atoms with E-state index in [4.69, 9.17) is 15.2 Å². The van der Waals surface area contributed by atoms with Crippen LogP contribution in [0.4, 0.5) is 0 Å². The minimum absolute atomic E-state index is 0.0764. The lowest BCUT2D eigenvalue weighted by atomic mass is 9.46. The summed E-state index contributed by atoms with van der Waals surface area (Å²) in [4.78, 5) is 15.2. The summed E-state index contributed by atoms with van der Waals surface area (Å²) in [5.41, 5.74) is 5.30. The molecule has 1 amide bonds. The van der Waals surface area contributed by atoms with Gasteiger partial charge in [0.2, 0.25) is 5.91 Å². The van der Waals surface area contributed by atoms with Crippen LogP contribution in [-0.4, -0.2) is 54.4 Å². The van der Waals surface area contributed by atoms with Gasteiger partial charge in [0.1, 0.15) is 5.54 Å². The fraction of sp³-hybridized carbons (Fsp3) is 0.938. The van der Waals surface area contributed by atoms with Crippen LogP contribution in [0.25, 0.3) is 0 Å². The van der Waals surface area contributed by atoms with Gasteiger partial charge in [0, 0.05) is 24.5 Å². The first kappa shape index (κ1) is 15.3. The number of ether oxygens (including phenoxy) is 2. The number of nitrogens with zero attached hydrogens (tertiary/aromatic N) is 1. The van der Waals surface area contributed by atoms with E-state index in [2.05, 4.69) is 13.8 Å². The second-order valence-corrected chi connectivity index (χ2v) is 7.95. The number of carbonyl (C=O) groups is 1. The van der Waals surface area contributed by atoms with Gasteiger partial charge >= 0.3 is 0 Å². The molecule has 3 atom stereocenters. The SMILES string of the molecule is CC1(C)COCCN1C(=O)C1(N)C2CCCOC2C1(C)C. The third kappa shape index (κ3) is 1.90. The van der Waals surface area contributed by atoms with E-state index in [1.807, 2.05) is 18.7 Å². The fourth-order valence-electron chi connectivity index (χ4n) is 4.47. The van der Waals surface area contributed by atoms with Gasteiger partial charge in [-0.3, -0.25) is 4.79 Å². The van der Waals surface area contributed by atoms with E-state index in [0.717, 1.165) is 19.4 Å². The first-order chi connectivity index (χ1) is 9.73. The summed E-state index contributed by atoms with van der Waals surface area (Å²) in [6.45, 7) is 10.8. The average Bonchev–Trinajstić information content (AvgIpc) is 2.45. The predicted octanol–water partition coefficient (Wildman–Crippen LogP) is 1.16. The van der Waals surface area contributed by atoms with E-state index in [9.17, 15) is 4.79 Å². The lowest BCUT2D eigenvalue weighted by molar-refractivity contribution is -0.234. The Balaban J connectivity index is 1.89. The molecule has 0 spiro atoms. The molecule has 3 rings (SSSR count). The third-order valence-electron chi connectivity index (χ3n) is 5.93. The lowest BCUT2D eigenvalue weighted by Gasteiger charge is -2.66. The molecule has 2 N–H and O–H groups in total. The van der Waals surface area contributed by atoms with Crippen molar-refractivity contribution in [3.63, 3.8) is 0 Å². The highest BCUT2D eigenvalue weighted by Gasteiger charge is 2.71. The van der Waals surface area contributed by atoms with Gasteiger partial charge in [0.25, 0.3) is 0 Å². The molecule has 1 saturated carbocycles. The molecule has 2 saturated heterocycles. The fourth-order valence-corrected chi connectivity index (χ4v) is 4.47. The Morgan fingerprint density at radius 1 is 1.24 bits per heavy atom. The number of hydrogen-bond acceptors (Lipinski definition) is 4. The maximum atomic E-state index is 13.3. The monoisotopic (exact) mass is 296 g/mol. The van der Waals surface area contributed by atoms with Gasteiger partial charge in [-0.1, -0.05) is 13.8 Å². The van der Waals surface area contributed by atoms with Gasteiger partial charge in [0.15, 0.2) is 0 Å². The number of fused-ring (bicyclic) bond motifs is 1. The summed E-state index contributed by atoms with van der Waals surface area (Å²) in [6, 6.07) is 0. The smallest absolute Gasteiger partial charge is 0.244 e. The molecule has 5 heteroatoms. The Labute approximate surface area is 127 Å². The van der Waals surface area contributed by atoms with Crippen molar-refractivity contribution in [2.45, 2.75) is 57.7 Å². The molecule has 0 aromatic carbocycles. The number of rotatable bonds is 1. The van der Waals surface area contributed by atoms with Crippen molar-refractivity contribution in [2.24, 2.45) is 17.1 Å². The van der Waals surface area contributed by atoms with Gasteiger partial charge in [-0.05, 0) is 26.7 Å². The summed E-state index contributed by atoms with van der Waals surface area (Å²) in [5.74, 6) is 0.222. The van der Waals surface area contributed by atoms with Crippen LogP contribution < -0.4 is 5.73 Å². The number of nitrogens with two attached hydrogens (primary N) is 1. The van der Waals surface area contributed by atoms with Crippen molar-refractivity contribution in [3.8, 4) is 0 Å². The highest BCUT2D eigenvalue weighted by molar-refractivity contribution is 5.90. The molecule has 1 aliphatic carbocycles. The first-order valence-corrected chi connectivity index (χ1v) is 8.03. The van der Waals surface area contributed by atoms with Crippen molar-refractivity contribution in [2.75, 3.05) is 26.4 Å². The summed E-state index contributed by atoms with van der Waals surface area (Å²) in [6.07, 6.45) is 2.10. The zero-order valence-electron chi connectivity index (χ0n) is 13.6. The molecule has 3 unspecified atom stereocenters. The summed E-state index contributed by atoms with van der Waals surface area (Å²) in [7, 11) is 0. The predicted molar refractivity (Wildman–Crippen MR) is 79.8 cm³/mol. The van der Waals surface area contributed by atoms with E-state index in [1.54, 1.807) is 0 Å². The number of morpholine rings is 1. The third-order valence-corrected chi connectivity index (χ3v) is 5.93. The number of hydrogen-bond donors (Lipinski definition) is 1. The Kier molecular flexibility index (Phi) is 3.39. The second-order valence-electron chi connectivity index (χ2n) is 7.95. The van der Waals surface area contributed by atoms with E-state index in [-0.39, 0.29) is 28.9 Å². The minimum Gasteiger partial charge on any atom is -0.377 e. The molecule has 3 aliphatic rings. The molecule has 2 heterocycles. The van der Waals surface area contributed by atoms with E-state index >= 15 is 0 Å². The van der Waals surface area contributed by atoms with Crippen LogP contribution in [0.2, 0.25) is 0 Å². The maximum absolute atomic E-state index is 13.3. The first-order valence-electron chi connectivity index (χ1n) is 8.03. The highest BCUT2D eigenvalue weighted by Crippen LogP contribution is 2.58. The van der Waals surface area contributed by atoms with Crippen molar-refractivity contribution in [1.82, 2.24) is 4.90 Å². The second kappa shape index (κ2) is 4.67. The Morgan fingerprint density at radius 3 is 2.62 bits per heavy atom. The summed E-state index contributed by atoms with van der Waals surface area (Å²) >= 11 is 0. The largest absolute Gasteiger partial charge is 0.377 e. The van der Waals surface area contributed by atoms with Gasteiger partial charge in [-0.2, -0.15) is 0 Å². The Morgan fingerprint density at radius 2 is 1.95 bits per heavy atom. The van der Waals surface area contributed by atoms with Crippen LogP contribution in [-0.2, 0) is 14.3 Å². The minimum atomic E-state index is -0.813. The molecule has 5 nitrogen and oxygen atoms in total. The van der Waals surface area contributed by atoms with Crippen molar-refractivity contribution >= 4 is 5.91 Å². The van der Waals surface area contributed by atoms with Gasteiger partial charge in [-0.25, -0.2) is 0 Å². The van der Waals surface area contributed by atoms with Crippen molar-refractivity contribution in [3.05, 3.63) is 0 Å². The zero-order valence-corrected chi connectivity index (χ0v) is 13.6. The van der Waals surface area contributed by atoms with Crippen LogP contribution in [0, 0.1) is 11.3 Å². The van der Waals surface area contributed by atoms with Gasteiger partial charge < -0.3 is 20.1 Å². The van der Waals surface area contributed by atoms with Crippen LogP contribution in [0.3, 0.4) is 0 Å². The molecule has 0 aromatic heterocycles. The highest BCUT2D eigenvalue weighted by atomic mass is 16.5. The molecule has 120 valence electrons. The summed E-state index contributed by atoms with van der Waals surface area (Å²) < 4.78 is 11.4. The van der Waals surface area contributed by atoms with Crippen molar-refractivity contribution < 1.29 is 14.3 Å². The van der Waals surface area contributed by atoms with Crippen LogP contribution in [0.15, 0.2) is 0 Å². The molecule has 2 aliphatic heterocycles. The topological polar surface area (TPSA) is 64.8 Å².